The highest BCUT2D eigenvalue weighted by atomic mass is 16.5. The van der Waals surface area contributed by atoms with Gasteiger partial charge in [-0.3, -0.25) is 10.4 Å². The van der Waals surface area contributed by atoms with Crippen molar-refractivity contribution >= 4 is 5.96 Å². The number of hydrogen-bond donors (Lipinski definition) is 3. The third kappa shape index (κ3) is 6.22. The summed E-state index contributed by atoms with van der Waals surface area (Å²) in [6.07, 6.45) is 3.32. The number of guanidine groups is 1. The first-order chi connectivity index (χ1) is 9.09. The number of hydrazine groups is 1. The molecule has 0 aromatic heterocycles. The van der Waals surface area contributed by atoms with Crippen molar-refractivity contribution in [3.8, 4) is 0 Å². The Hall–Kier alpha value is -0.850. The third-order valence-electron chi connectivity index (χ3n) is 3.77. The molecular weight excluding hydrogens is 242 g/mol. The zero-order valence-corrected chi connectivity index (χ0v) is 12.5. The van der Waals surface area contributed by atoms with Crippen molar-refractivity contribution < 1.29 is 4.74 Å². The fourth-order valence-electron chi connectivity index (χ4n) is 2.16. The number of nitrogens with zero attached hydrogens (tertiary/aromatic N) is 2. The first-order valence-corrected chi connectivity index (χ1v) is 7.02. The van der Waals surface area contributed by atoms with Gasteiger partial charge in [-0.05, 0) is 44.8 Å². The fraction of sp³-hybridized carbons (Fsp3) is 0.923. The first kappa shape index (κ1) is 16.2. The first-order valence-electron chi connectivity index (χ1n) is 7.02. The van der Waals surface area contributed by atoms with Crippen LogP contribution in [0.3, 0.4) is 0 Å². The van der Waals surface area contributed by atoms with Gasteiger partial charge in [-0.1, -0.05) is 6.92 Å². The summed E-state index contributed by atoms with van der Waals surface area (Å²) in [6.45, 7) is 6.99. The quantitative estimate of drug-likeness (QED) is 0.211. The standard InChI is InChI=1S/C13H29N5O/c1-13(5-8-18(2)9-6-13)11-16-12(17-14)15-7-4-10-19-3/h4-11,14H2,1-3H3,(H2,15,16,17). The molecule has 1 aliphatic rings. The largest absolute Gasteiger partial charge is 0.385 e. The molecule has 6 nitrogen and oxygen atoms in total. The molecule has 0 unspecified atom stereocenters. The Morgan fingerprint density at radius 3 is 2.68 bits per heavy atom. The van der Waals surface area contributed by atoms with Gasteiger partial charge in [0.05, 0.1) is 0 Å². The lowest BCUT2D eigenvalue weighted by Gasteiger charge is -2.36. The Bertz CT molecular complexity index is 274. The van der Waals surface area contributed by atoms with Crippen molar-refractivity contribution in [2.24, 2.45) is 16.3 Å². The van der Waals surface area contributed by atoms with Gasteiger partial charge in [-0.25, -0.2) is 5.84 Å². The summed E-state index contributed by atoms with van der Waals surface area (Å²) in [7, 11) is 3.88. The van der Waals surface area contributed by atoms with E-state index in [1.165, 1.54) is 12.8 Å². The summed E-state index contributed by atoms with van der Waals surface area (Å²) in [4.78, 5) is 6.94. The highest BCUT2D eigenvalue weighted by Gasteiger charge is 2.28. The molecule has 112 valence electrons. The van der Waals surface area contributed by atoms with E-state index in [2.05, 4.69) is 34.6 Å². The summed E-state index contributed by atoms with van der Waals surface area (Å²) in [5, 5.41) is 3.19. The molecule has 0 aromatic carbocycles. The van der Waals surface area contributed by atoms with E-state index in [9.17, 15) is 0 Å². The molecule has 0 atom stereocenters. The van der Waals surface area contributed by atoms with E-state index in [0.717, 1.165) is 39.2 Å². The molecule has 1 saturated heterocycles. The molecule has 0 bridgehead atoms. The predicted octanol–water partition coefficient (Wildman–Crippen LogP) is 0.164. The number of nitrogens with one attached hydrogen (secondary N) is 2. The molecule has 1 fully saturated rings. The SMILES string of the molecule is COCCCNC(=NCC1(C)CCN(C)CC1)NN. The number of rotatable bonds is 6. The van der Waals surface area contributed by atoms with Crippen molar-refractivity contribution in [3.63, 3.8) is 0 Å². The van der Waals surface area contributed by atoms with Crippen molar-refractivity contribution in [3.05, 3.63) is 0 Å². The molecule has 19 heavy (non-hydrogen) atoms. The molecule has 6 heteroatoms. The molecule has 4 N–H and O–H groups in total. The Morgan fingerprint density at radius 2 is 2.11 bits per heavy atom. The molecule has 1 aliphatic heterocycles. The highest BCUT2D eigenvalue weighted by molar-refractivity contribution is 5.79. The van der Waals surface area contributed by atoms with Crippen LogP contribution in [0.4, 0.5) is 0 Å². The third-order valence-corrected chi connectivity index (χ3v) is 3.77. The summed E-state index contributed by atoms with van der Waals surface area (Å²) in [6, 6.07) is 0. The smallest absolute Gasteiger partial charge is 0.205 e. The van der Waals surface area contributed by atoms with Crippen LogP contribution >= 0.6 is 0 Å². The molecule has 1 rings (SSSR count). The topological polar surface area (TPSA) is 74.9 Å². The molecule has 0 saturated carbocycles. The normalized spacial score (nSPS) is 20.3. The molecule has 0 aromatic rings. The van der Waals surface area contributed by atoms with E-state index in [1.54, 1.807) is 7.11 Å². The van der Waals surface area contributed by atoms with Gasteiger partial charge in [0.2, 0.25) is 5.96 Å². The van der Waals surface area contributed by atoms with Gasteiger partial charge in [0.15, 0.2) is 0 Å². The number of piperidine rings is 1. The van der Waals surface area contributed by atoms with Crippen molar-refractivity contribution in [2.45, 2.75) is 26.2 Å². The Morgan fingerprint density at radius 1 is 1.42 bits per heavy atom. The number of likely N-dealkylation sites (tertiary alicyclic amines) is 1. The van der Waals surface area contributed by atoms with E-state index in [0.29, 0.717) is 11.4 Å². The summed E-state index contributed by atoms with van der Waals surface area (Å²) >= 11 is 0. The number of ether oxygens (including phenoxy) is 1. The van der Waals surface area contributed by atoms with Crippen LogP contribution in [0.2, 0.25) is 0 Å². The van der Waals surface area contributed by atoms with Gasteiger partial charge in [0, 0.05) is 26.8 Å². The van der Waals surface area contributed by atoms with Gasteiger partial charge in [0.25, 0.3) is 0 Å². The Balaban J connectivity index is 2.34. The second kappa shape index (κ2) is 8.35. The summed E-state index contributed by atoms with van der Waals surface area (Å²) < 4.78 is 5.00. The minimum atomic E-state index is 0.294. The van der Waals surface area contributed by atoms with Crippen molar-refractivity contribution in [1.29, 1.82) is 0 Å². The van der Waals surface area contributed by atoms with Crippen LogP contribution in [0.5, 0.6) is 0 Å². The van der Waals surface area contributed by atoms with Gasteiger partial charge in [-0.15, -0.1) is 0 Å². The minimum absolute atomic E-state index is 0.294. The molecule has 0 radical (unpaired) electrons. The summed E-state index contributed by atoms with van der Waals surface area (Å²) in [5.74, 6) is 6.16. The zero-order valence-electron chi connectivity index (χ0n) is 12.5. The molecule has 0 spiro atoms. The zero-order chi connectivity index (χ0) is 14.1. The Kier molecular flexibility index (Phi) is 7.12. The van der Waals surface area contributed by atoms with Crippen LogP contribution in [0.15, 0.2) is 4.99 Å². The number of aliphatic imine (C=N–C) groups is 1. The minimum Gasteiger partial charge on any atom is -0.385 e. The molecule has 0 aliphatic carbocycles. The van der Waals surface area contributed by atoms with E-state index < -0.39 is 0 Å². The number of hydrogen-bond acceptors (Lipinski definition) is 4. The monoisotopic (exact) mass is 271 g/mol. The maximum atomic E-state index is 5.49. The van der Waals surface area contributed by atoms with Crippen molar-refractivity contribution in [1.82, 2.24) is 15.6 Å². The van der Waals surface area contributed by atoms with Crippen LogP contribution < -0.4 is 16.6 Å². The maximum absolute atomic E-state index is 5.49. The Labute approximate surface area is 116 Å². The molecular formula is C13H29N5O. The highest BCUT2D eigenvalue weighted by Crippen LogP contribution is 2.30. The predicted molar refractivity (Wildman–Crippen MR) is 79.0 cm³/mol. The van der Waals surface area contributed by atoms with Gasteiger partial charge >= 0.3 is 0 Å². The fourth-order valence-corrected chi connectivity index (χ4v) is 2.16. The molecule has 1 heterocycles. The summed E-state index contributed by atoms with van der Waals surface area (Å²) in [5.41, 5.74) is 2.93. The van der Waals surface area contributed by atoms with E-state index in [4.69, 9.17) is 10.6 Å². The lowest BCUT2D eigenvalue weighted by atomic mass is 9.80. The second-order valence-corrected chi connectivity index (χ2v) is 5.70. The van der Waals surface area contributed by atoms with Crippen LogP contribution in [0, 0.1) is 5.41 Å². The van der Waals surface area contributed by atoms with Crippen LogP contribution in [0.1, 0.15) is 26.2 Å². The lowest BCUT2D eigenvalue weighted by molar-refractivity contribution is 0.147. The van der Waals surface area contributed by atoms with Crippen LogP contribution in [-0.2, 0) is 4.74 Å². The van der Waals surface area contributed by atoms with E-state index in [-0.39, 0.29) is 0 Å². The lowest BCUT2D eigenvalue weighted by Crippen LogP contribution is -2.44. The van der Waals surface area contributed by atoms with Crippen LogP contribution in [0.25, 0.3) is 0 Å². The average Bonchev–Trinajstić information content (AvgIpc) is 2.42. The van der Waals surface area contributed by atoms with Crippen LogP contribution in [-0.4, -0.2) is 57.8 Å². The van der Waals surface area contributed by atoms with Crippen molar-refractivity contribution in [2.75, 3.05) is 46.9 Å². The van der Waals surface area contributed by atoms with Gasteiger partial charge in [-0.2, -0.15) is 0 Å². The van der Waals surface area contributed by atoms with Gasteiger partial charge < -0.3 is 15.0 Å². The van der Waals surface area contributed by atoms with E-state index >= 15 is 0 Å². The second-order valence-electron chi connectivity index (χ2n) is 5.70. The van der Waals surface area contributed by atoms with E-state index in [1.807, 2.05) is 0 Å². The average molecular weight is 271 g/mol. The maximum Gasteiger partial charge on any atom is 0.205 e. The molecule has 0 amide bonds. The number of methoxy groups -OCH3 is 1. The number of nitrogens with two attached hydrogens (primary N) is 1. The van der Waals surface area contributed by atoms with Gasteiger partial charge in [0.1, 0.15) is 0 Å².